The highest BCUT2D eigenvalue weighted by molar-refractivity contribution is 6.20. The van der Waals surface area contributed by atoms with Gasteiger partial charge in [-0.3, -0.25) is 0 Å². The van der Waals surface area contributed by atoms with Gasteiger partial charge in [0.2, 0.25) is 0 Å². The van der Waals surface area contributed by atoms with Gasteiger partial charge in [0.15, 0.2) is 0 Å². The summed E-state index contributed by atoms with van der Waals surface area (Å²) in [6.07, 6.45) is 0.685. The van der Waals surface area contributed by atoms with Crippen LogP contribution in [0.1, 0.15) is 12.0 Å². The van der Waals surface area contributed by atoms with Crippen LogP contribution in [-0.2, 0) is 11.3 Å². The molecular formula is C11H15ClO2. The molecule has 0 aliphatic rings. The van der Waals surface area contributed by atoms with Crippen LogP contribution in [0.2, 0.25) is 0 Å². The Balaban J connectivity index is 2.10. The van der Waals surface area contributed by atoms with Gasteiger partial charge in [-0.1, -0.05) is 30.3 Å². The molecule has 1 rings (SSSR count). The van der Waals surface area contributed by atoms with Gasteiger partial charge in [-0.25, -0.2) is 0 Å². The third kappa shape index (κ3) is 4.61. The molecule has 3 heteroatoms. The minimum Gasteiger partial charge on any atom is -0.395 e. The summed E-state index contributed by atoms with van der Waals surface area (Å²) in [5, 5.41) is 8.47. The van der Waals surface area contributed by atoms with Gasteiger partial charge in [-0.05, 0) is 12.0 Å². The fraction of sp³-hybridized carbons (Fsp3) is 0.455. The second-order valence-corrected chi connectivity index (χ2v) is 3.72. The van der Waals surface area contributed by atoms with Crippen LogP contribution in [0.3, 0.4) is 0 Å². The number of benzene rings is 1. The average Bonchev–Trinajstić information content (AvgIpc) is 2.25. The molecule has 0 fully saturated rings. The zero-order valence-corrected chi connectivity index (χ0v) is 8.78. The minimum atomic E-state index is -0.189. The molecule has 1 N–H and O–H groups in total. The van der Waals surface area contributed by atoms with Crippen LogP contribution in [0.5, 0.6) is 0 Å². The van der Waals surface area contributed by atoms with E-state index in [0.29, 0.717) is 19.6 Å². The lowest BCUT2D eigenvalue weighted by atomic mass is 10.2. The Bertz CT molecular complexity index is 238. The van der Waals surface area contributed by atoms with Gasteiger partial charge in [-0.2, -0.15) is 0 Å². The Morgan fingerprint density at radius 2 is 2.00 bits per heavy atom. The van der Waals surface area contributed by atoms with Crippen molar-refractivity contribution in [3.8, 4) is 0 Å². The number of rotatable bonds is 6. The van der Waals surface area contributed by atoms with E-state index in [9.17, 15) is 0 Å². The Kier molecular flexibility index (Phi) is 5.60. The molecule has 0 aromatic heterocycles. The topological polar surface area (TPSA) is 29.5 Å². The molecule has 1 aromatic rings. The summed E-state index contributed by atoms with van der Waals surface area (Å²) in [6.45, 7) is 1.20. The van der Waals surface area contributed by atoms with Gasteiger partial charge in [0.1, 0.15) is 0 Å². The van der Waals surface area contributed by atoms with E-state index < -0.39 is 0 Å². The van der Waals surface area contributed by atoms with Gasteiger partial charge >= 0.3 is 0 Å². The van der Waals surface area contributed by atoms with Crippen molar-refractivity contribution in [2.24, 2.45) is 0 Å². The van der Waals surface area contributed by atoms with Crippen molar-refractivity contribution < 1.29 is 9.84 Å². The Hall–Kier alpha value is -0.570. The number of aliphatic hydroxyl groups excluding tert-OH is 1. The van der Waals surface area contributed by atoms with Gasteiger partial charge in [0.25, 0.3) is 0 Å². The Morgan fingerprint density at radius 3 is 2.64 bits per heavy atom. The van der Waals surface area contributed by atoms with Crippen molar-refractivity contribution in [3.63, 3.8) is 0 Å². The molecule has 0 heterocycles. The van der Waals surface area contributed by atoms with E-state index in [0.717, 1.165) is 5.56 Å². The van der Waals surface area contributed by atoms with E-state index in [1.54, 1.807) is 0 Å². The van der Waals surface area contributed by atoms with Crippen LogP contribution >= 0.6 is 11.6 Å². The minimum absolute atomic E-state index is 0.0102. The van der Waals surface area contributed by atoms with Crippen LogP contribution in [0, 0.1) is 0 Å². The van der Waals surface area contributed by atoms with Gasteiger partial charge in [-0.15, -0.1) is 11.6 Å². The van der Waals surface area contributed by atoms with Crippen LogP contribution < -0.4 is 0 Å². The van der Waals surface area contributed by atoms with E-state index in [1.165, 1.54) is 0 Å². The zero-order valence-electron chi connectivity index (χ0n) is 8.03. The summed E-state index contributed by atoms with van der Waals surface area (Å²) in [7, 11) is 0. The fourth-order valence-electron chi connectivity index (χ4n) is 1.07. The Morgan fingerprint density at radius 1 is 1.29 bits per heavy atom. The standard InChI is InChI=1S/C11H15ClO2/c12-11(8-13)6-7-14-9-10-4-2-1-3-5-10/h1-5,11,13H,6-9H2. The molecule has 0 saturated heterocycles. The predicted molar refractivity (Wildman–Crippen MR) is 57.4 cm³/mol. The first kappa shape index (κ1) is 11.5. The molecule has 0 aliphatic carbocycles. The first-order valence-electron chi connectivity index (χ1n) is 4.69. The number of hydrogen-bond acceptors (Lipinski definition) is 2. The van der Waals surface area contributed by atoms with E-state index in [1.807, 2.05) is 30.3 Å². The van der Waals surface area contributed by atoms with Crippen molar-refractivity contribution in [1.29, 1.82) is 0 Å². The second kappa shape index (κ2) is 6.82. The largest absolute Gasteiger partial charge is 0.395 e. The molecule has 0 saturated carbocycles. The van der Waals surface area contributed by atoms with E-state index in [2.05, 4.69) is 0 Å². The molecule has 1 aromatic carbocycles. The number of halogens is 1. The monoisotopic (exact) mass is 214 g/mol. The molecule has 0 amide bonds. The Labute approximate surface area is 89.5 Å². The fourth-order valence-corrected chi connectivity index (χ4v) is 1.16. The van der Waals surface area contributed by atoms with E-state index in [4.69, 9.17) is 21.4 Å². The molecule has 0 aliphatic heterocycles. The summed E-state index contributed by atoms with van der Waals surface area (Å²) < 4.78 is 5.40. The summed E-state index contributed by atoms with van der Waals surface area (Å²) in [5.74, 6) is 0. The van der Waals surface area contributed by atoms with Crippen LogP contribution in [0.15, 0.2) is 30.3 Å². The lowest BCUT2D eigenvalue weighted by Gasteiger charge is -2.06. The SMILES string of the molecule is OCC(Cl)CCOCc1ccccc1. The van der Waals surface area contributed by atoms with E-state index in [-0.39, 0.29) is 12.0 Å². The highest BCUT2D eigenvalue weighted by Crippen LogP contribution is 2.04. The molecular weight excluding hydrogens is 200 g/mol. The van der Waals surface area contributed by atoms with Crippen molar-refractivity contribution in [1.82, 2.24) is 0 Å². The number of ether oxygens (including phenoxy) is 1. The first-order valence-corrected chi connectivity index (χ1v) is 5.13. The molecule has 1 atom stereocenters. The summed E-state index contributed by atoms with van der Waals surface area (Å²) in [6, 6.07) is 9.98. The molecule has 2 nitrogen and oxygen atoms in total. The maximum atomic E-state index is 8.66. The third-order valence-corrected chi connectivity index (χ3v) is 2.24. The van der Waals surface area contributed by atoms with Crippen LogP contribution in [0.4, 0.5) is 0 Å². The van der Waals surface area contributed by atoms with Crippen molar-refractivity contribution in [2.75, 3.05) is 13.2 Å². The summed E-state index contributed by atoms with van der Waals surface area (Å²) in [5.41, 5.74) is 1.16. The summed E-state index contributed by atoms with van der Waals surface area (Å²) >= 11 is 5.72. The van der Waals surface area contributed by atoms with Crippen molar-refractivity contribution in [3.05, 3.63) is 35.9 Å². The highest BCUT2D eigenvalue weighted by Gasteiger charge is 2.01. The number of hydrogen-bond donors (Lipinski definition) is 1. The van der Waals surface area contributed by atoms with Gasteiger partial charge < -0.3 is 9.84 Å². The smallest absolute Gasteiger partial charge is 0.0716 e. The number of aliphatic hydroxyl groups is 1. The molecule has 0 radical (unpaired) electrons. The molecule has 14 heavy (non-hydrogen) atoms. The van der Waals surface area contributed by atoms with E-state index >= 15 is 0 Å². The van der Waals surface area contributed by atoms with Gasteiger partial charge in [0.05, 0.1) is 18.6 Å². The quantitative estimate of drug-likeness (QED) is 0.581. The molecule has 0 spiro atoms. The lowest BCUT2D eigenvalue weighted by molar-refractivity contribution is 0.113. The maximum absolute atomic E-state index is 8.66. The van der Waals surface area contributed by atoms with Crippen LogP contribution in [0.25, 0.3) is 0 Å². The molecule has 78 valence electrons. The average molecular weight is 215 g/mol. The van der Waals surface area contributed by atoms with Gasteiger partial charge in [0, 0.05) is 6.61 Å². The van der Waals surface area contributed by atoms with Crippen molar-refractivity contribution in [2.45, 2.75) is 18.4 Å². The first-order chi connectivity index (χ1) is 6.83. The second-order valence-electron chi connectivity index (χ2n) is 3.11. The molecule has 0 bridgehead atoms. The normalized spacial score (nSPS) is 12.7. The zero-order chi connectivity index (χ0) is 10.2. The maximum Gasteiger partial charge on any atom is 0.0716 e. The highest BCUT2D eigenvalue weighted by atomic mass is 35.5. The number of alkyl halides is 1. The van der Waals surface area contributed by atoms with Crippen molar-refractivity contribution >= 4 is 11.6 Å². The lowest BCUT2D eigenvalue weighted by Crippen LogP contribution is -2.08. The summed E-state index contributed by atoms with van der Waals surface area (Å²) in [4.78, 5) is 0. The van der Waals surface area contributed by atoms with Crippen LogP contribution in [-0.4, -0.2) is 23.7 Å². The third-order valence-electron chi connectivity index (χ3n) is 1.89. The predicted octanol–water partition coefficient (Wildman–Crippen LogP) is 2.19. The molecule has 1 unspecified atom stereocenters.